The molecule has 2 aliphatic heterocycles. The fourth-order valence-electron chi connectivity index (χ4n) is 2.48. The molecule has 0 radical (unpaired) electrons. The van der Waals surface area contributed by atoms with Gasteiger partial charge in [0.05, 0.1) is 25.9 Å². The van der Waals surface area contributed by atoms with Crippen LogP contribution in [0.15, 0.2) is 24.3 Å². The van der Waals surface area contributed by atoms with Crippen LogP contribution in [-0.2, 0) is 25.6 Å². The molecule has 5 heteroatoms. The number of halogens is 1. The van der Waals surface area contributed by atoms with Gasteiger partial charge >= 0.3 is 0 Å². The molecule has 0 spiro atoms. The van der Waals surface area contributed by atoms with E-state index >= 15 is 0 Å². The first-order valence-electron chi connectivity index (χ1n) is 6.49. The number of fused-ring (bicyclic) bond motifs is 1. The molecule has 2 saturated heterocycles. The van der Waals surface area contributed by atoms with Crippen molar-refractivity contribution in [1.82, 2.24) is 0 Å². The minimum atomic E-state index is -0.306. The summed E-state index contributed by atoms with van der Waals surface area (Å²) in [6.07, 6.45) is -0.622. The van der Waals surface area contributed by atoms with Crippen LogP contribution in [0.1, 0.15) is 12.5 Å². The van der Waals surface area contributed by atoms with Crippen molar-refractivity contribution in [1.29, 1.82) is 0 Å². The van der Waals surface area contributed by atoms with Crippen molar-refractivity contribution >= 4 is 11.6 Å². The molecule has 0 aromatic heterocycles. The molecule has 4 nitrogen and oxygen atoms in total. The standard InChI is InChI=1S/C14H17ClO4/c1-9-12(13-14(19-9)17-7-6-16-13)18-8-10-4-2-3-5-11(10)15/h2-5,9,12-14H,6-8H2,1H3/t9-,12+,13-,14+/m1/s1. The molecule has 2 heterocycles. The zero-order valence-electron chi connectivity index (χ0n) is 10.8. The second-order valence-electron chi connectivity index (χ2n) is 4.78. The molecule has 1 aromatic carbocycles. The number of rotatable bonds is 3. The summed E-state index contributed by atoms with van der Waals surface area (Å²) in [5.74, 6) is 0. The Balaban J connectivity index is 1.64. The minimum absolute atomic E-state index is 0.0458. The normalized spacial score (nSPS) is 34.2. The molecule has 1 aromatic rings. The third-order valence-electron chi connectivity index (χ3n) is 3.47. The van der Waals surface area contributed by atoms with E-state index in [1.165, 1.54) is 0 Å². The molecule has 0 aliphatic carbocycles. The highest BCUT2D eigenvalue weighted by Crippen LogP contribution is 2.30. The van der Waals surface area contributed by atoms with Crippen molar-refractivity contribution in [2.75, 3.05) is 13.2 Å². The Labute approximate surface area is 117 Å². The topological polar surface area (TPSA) is 36.9 Å². The van der Waals surface area contributed by atoms with Crippen LogP contribution < -0.4 is 0 Å². The van der Waals surface area contributed by atoms with E-state index in [4.69, 9.17) is 30.5 Å². The van der Waals surface area contributed by atoms with Crippen LogP contribution in [-0.4, -0.2) is 37.8 Å². The highest BCUT2D eigenvalue weighted by molar-refractivity contribution is 6.31. The van der Waals surface area contributed by atoms with Crippen LogP contribution in [0.2, 0.25) is 5.02 Å². The largest absolute Gasteiger partial charge is 0.368 e. The molecule has 19 heavy (non-hydrogen) atoms. The maximum atomic E-state index is 6.12. The Morgan fingerprint density at radius 1 is 1.26 bits per heavy atom. The summed E-state index contributed by atoms with van der Waals surface area (Å²) < 4.78 is 22.8. The van der Waals surface area contributed by atoms with Crippen LogP contribution in [0.5, 0.6) is 0 Å². The molecule has 104 valence electrons. The average molecular weight is 285 g/mol. The van der Waals surface area contributed by atoms with Gasteiger partial charge in [0.1, 0.15) is 12.2 Å². The molecule has 2 fully saturated rings. The lowest BCUT2D eigenvalue weighted by molar-refractivity contribution is -0.221. The van der Waals surface area contributed by atoms with E-state index in [-0.39, 0.29) is 24.6 Å². The van der Waals surface area contributed by atoms with Gasteiger partial charge in [-0.2, -0.15) is 0 Å². The van der Waals surface area contributed by atoms with Crippen LogP contribution in [0.25, 0.3) is 0 Å². The molecule has 0 saturated carbocycles. The fourth-order valence-corrected chi connectivity index (χ4v) is 2.67. The SMILES string of the molecule is C[C@H]1O[C@@H]2OCCO[C@@H]2[C@H]1OCc1ccccc1Cl. The van der Waals surface area contributed by atoms with Gasteiger partial charge in [0.25, 0.3) is 0 Å². The molecule has 4 atom stereocenters. The molecule has 0 amide bonds. The van der Waals surface area contributed by atoms with Crippen molar-refractivity contribution in [2.45, 2.75) is 38.1 Å². The summed E-state index contributed by atoms with van der Waals surface area (Å²) in [5, 5.41) is 0.714. The Kier molecular flexibility index (Phi) is 4.05. The number of ether oxygens (including phenoxy) is 4. The highest BCUT2D eigenvalue weighted by atomic mass is 35.5. The third-order valence-corrected chi connectivity index (χ3v) is 3.84. The van der Waals surface area contributed by atoms with Gasteiger partial charge in [-0.3, -0.25) is 0 Å². The van der Waals surface area contributed by atoms with Gasteiger partial charge in [0, 0.05) is 5.02 Å². The van der Waals surface area contributed by atoms with E-state index in [1.807, 2.05) is 31.2 Å². The van der Waals surface area contributed by atoms with Crippen molar-refractivity contribution in [3.8, 4) is 0 Å². The van der Waals surface area contributed by atoms with E-state index in [9.17, 15) is 0 Å². The van der Waals surface area contributed by atoms with Crippen molar-refractivity contribution in [2.24, 2.45) is 0 Å². The van der Waals surface area contributed by atoms with E-state index in [2.05, 4.69) is 0 Å². The molecule has 3 rings (SSSR count). The average Bonchev–Trinajstić information content (AvgIpc) is 2.74. The summed E-state index contributed by atoms with van der Waals surface area (Å²) in [5.41, 5.74) is 0.969. The van der Waals surface area contributed by atoms with Gasteiger partial charge in [0.2, 0.25) is 0 Å². The van der Waals surface area contributed by atoms with Gasteiger partial charge in [-0.1, -0.05) is 29.8 Å². The molecule has 0 bridgehead atoms. The van der Waals surface area contributed by atoms with Gasteiger partial charge in [0.15, 0.2) is 6.29 Å². The highest BCUT2D eigenvalue weighted by Gasteiger charge is 2.46. The second kappa shape index (κ2) is 5.77. The predicted octanol–water partition coefficient (Wildman–Crippen LogP) is 2.39. The van der Waals surface area contributed by atoms with E-state index in [1.54, 1.807) is 0 Å². The van der Waals surface area contributed by atoms with E-state index < -0.39 is 0 Å². The summed E-state index contributed by atoms with van der Waals surface area (Å²) in [6.45, 7) is 3.58. The number of benzene rings is 1. The van der Waals surface area contributed by atoms with Gasteiger partial charge in [-0.15, -0.1) is 0 Å². The number of hydrogen-bond donors (Lipinski definition) is 0. The molecular weight excluding hydrogens is 268 g/mol. The Morgan fingerprint density at radius 3 is 2.89 bits per heavy atom. The lowest BCUT2D eigenvalue weighted by Gasteiger charge is -2.27. The fraction of sp³-hybridized carbons (Fsp3) is 0.571. The zero-order chi connectivity index (χ0) is 13.2. The molecule has 2 aliphatic rings. The second-order valence-corrected chi connectivity index (χ2v) is 5.19. The van der Waals surface area contributed by atoms with Gasteiger partial charge < -0.3 is 18.9 Å². The van der Waals surface area contributed by atoms with E-state index in [0.29, 0.717) is 24.8 Å². The minimum Gasteiger partial charge on any atom is -0.368 e. The Bertz CT molecular complexity index is 439. The van der Waals surface area contributed by atoms with E-state index in [0.717, 1.165) is 5.56 Å². The predicted molar refractivity (Wildman–Crippen MR) is 70.1 cm³/mol. The lowest BCUT2D eigenvalue weighted by atomic mass is 10.1. The summed E-state index contributed by atoms with van der Waals surface area (Å²) >= 11 is 6.12. The Morgan fingerprint density at radius 2 is 2.05 bits per heavy atom. The summed E-state index contributed by atoms with van der Waals surface area (Å²) in [4.78, 5) is 0. The summed E-state index contributed by atoms with van der Waals surface area (Å²) in [7, 11) is 0. The van der Waals surface area contributed by atoms with Crippen LogP contribution in [0.3, 0.4) is 0 Å². The van der Waals surface area contributed by atoms with Crippen molar-refractivity contribution in [3.05, 3.63) is 34.9 Å². The van der Waals surface area contributed by atoms with Crippen LogP contribution in [0.4, 0.5) is 0 Å². The zero-order valence-corrected chi connectivity index (χ0v) is 11.5. The quantitative estimate of drug-likeness (QED) is 0.854. The molecule has 0 N–H and O–H groups in total. The molecule has 0 unspecified atom stereocenters. The van der Waals surface area contributed by atoms with Crippen molar-refractivity contribution in [3.63, 3.8) is 0 Å². The lowest BCUT2D eigenvalue weighted by Crippen LogP contribution is -2.42. The Hall–Kier alpha value is -0.650. The maximum Gasteiger partial charge on any atom is 0.186 e. The first-order valence-corrected chi connectivity index (χ1v) is 6.87. The smallest absolute Gasteiger partial charge is 0.186 e. The van der Waals surface area contributed by atoms with Crippen molar-refractivity contribution < 1.29 is 18.9 Å². The third kappa shape index (κ3) is 2.78. The monoisotopic (exact) mass is 284 g/mol. The first-order chi connectivity index (χ1) is 9.25. The number of hydrogen-bond acceptors (Lipinski definition) is 4. The van der Waals surface area contributed by atoms with Gasteiger partial charge in [-0.25, -0.2) is 0 Å². The van der Waals surface area contributed by atoms with Gasteiger partial charge in [-0.05, 0) is 18.6 Å². The first kappa shape index (κ1) is 13.3. The van der Waals surface area contributed by atoms with Crippen LogP contribution >= 0.6 is 11.6 Å². The van der Waals surface area contributed by atoms with Crippen LogP contribution in [0, 0.1) is 0 Å². The summed E-state index contributed by atoms with van der Waals surface area (Å²) in [6, 6.07) is 7.67. The maximum absolute atomic E-state index is 6.12. The molecular formula is C14H17ClO4.